The minimum atomic E-state index is -0.267. The molecule has 0 atom stereocenters. The Morgan fingerprint density at radius 3 is 2.65 bits per heavy atom. The van der Waals surface area contributed by atoms with Gasteiger partial charge in [0.2, 0.25) is 0 Å². The topological polar surface area (TPSA) is 98.2 Å². The number of hydrogen-bond donors (Lipinski definition) is 2. The molecule has 31 heavy (non-hydrogen) atoms. The van der Waals surface area contributed by atoms with Crippen LogP contribution in [0.4, 0.5) is 0 Å². The van der Waals surface area contributed by atoms with E-state index >= 15 is 0 Å². The summed E-state index contributed by atoms with van der Waals surface area (Å²) < 4.78 is 12.1. The van der Waals surface area contributed by atoms with Gasteiger partial charge in [0.25, 0.3) is 11.5 Å². The molecule has 0 saturated heterocycles. The van der Waals surface area contributed by atoms with E-state index in [2.05, 4.69) is 15.3 Å². The van der Waals surface area contributed by atoms with E-state index < -0.39 is 0 Å². The van der Waals surface area contributed by atoms with Crippen LogP contribution < -0.4 is 20.3 Å². The Bertz CT molecular complexity index is 1280. The van der Waals surface area contributed by atoms with Crippen LogP contribution in [0.5, 0.6) is 11.5 Å². The Kier molecular flexibility index (Phi) is 5.70. The Hall–Kier alpha value is -4.07. The van der Waals surface area contributed by atoms with Crippen LogP contribution in [0.15, 0.2) is 66.0 Å². The van der Waals surface area contributed by atoms with E-state index in [4.69, 9.17) is 9.47 Å². The van der Waals surface area contributed by atoms with Crippen LogP contribution in [0, 0.1) is 0 Å². The molecule has 0 unspecified atom stereocenters. The zero-order chi connectivity index (χ0) is 21.8. The number of methoxy groups -OCH3 is 2. The van der Waals surface area contributed by atoms with Gasteiger partial charge in [0.05, 0.1) is 31.8 Å². The summed E-state index contributed by atoms with van der Waals surface area (Å²) >= 11 is 0. The van der Waals surface area contributed by atoms with Crippen molar-refractivity contribution in [1.82, 2.24) is 19.9 Å². The Balaban J connectivity index is 1.77. The third kappa shape index (κ3) is 4.00. The second-order valence-electron chi connectivity index (χ2n) is 6.88. The van der Waals surface area contributed by atoms with E-state index in [0.29, 0.717) is 46.5 Å². The van der Waals surface area contributed by atoms with Crippen molar-refractivity contribution in [3.8, 4) is 17.2 Å². The number of fused-ring (bicyclic) bond motifs is 1. The number of aromatic nitrogens is 3. The van der Waals surface area contributed by atoms with Crippen molar-refractivity contribution in [2.45, 2.75) is 6.42 Å². The summed E-state index contributed by atoms with van der Waals surface area (Å²) in [6.07, 6.45) is 5.50. The van der Waals surface area contributed by atoms with Crippen LogP contribution in [0.3, 0.4) is 0 Å². The number of benzene rings is 2. The van der Waals surface area contributed by atoms with Crippen molar-refractivity contribution in [2.75, 3.05) is 20.8 Å². The third-order valence-corrected chi connectivity index (χ3v) is 5.05. The summed E-state index contributed by atoms with van der Waals surface area (Å²) in [5.74, 6) is 0.797. The summed E-state index contributed by atoms with van der Waals surface area (Å²) in [6, 6.07) is 12.2. The maximum atomic E-state index is 13.2. The van der Waals surface area contributed by atoms with Crippen molar-refractivity contribution in [3.05, 3.63) is 82.8 Å². The highest BCUT2D eigenvalue weighted by molar-refractivity contribution is 6.06. The summed E-state index contributed by atoms with van der Waals surface area (Å²) in [4.78, 5) is 33.2. The number of rotatable bonds is 7. The molecule has 1 amide bonds. The second kappa shape index (κ2) is 8.74. The number of carbonyl (C=O) groups is 1. The Morgan fingerprint density at radius 1 is 1.13 bits per heavy atom. The molecule has 4 aromatic rings. The summed E-state index contributed by atoms with van der Waals surface area (Å²) in [6.45, 7) is 0.431. The molecular weight excluding hydrogens is 396 g/mol. The average Bonchev–Trinajstić information content (AvgIpc) is 3.32. The Labute approximate surface area is 178 Å². The number of pyridine rings is 1. The van der Waals surface area contributed by atoms with Gasteiger partial charge >= 0.3 is 0 Å². The summed E-state index contributed by atoms with van der Waals surface area (Å²) in [5.41, 5.74) is 1.61. The van der Waals surface area contributed by atoms with Crippen LogP contribution in [-0.4, -0.2) is 41.2 Å². The fraction of sp³-hybridized carbons (Fsp3) is 0.174. The highest BCUT2D eigenvalue weighted by Gasteiger charge is 2.17. The first-order valence-electron chi connectivity index (χ1n) is 9.74. The predicted octanol–water partition coefficient (Wildman–Crippen LogP) is 2.70. The lowest BCUT2D eigenvalue weighted by atomic mass is 10.1. The zero-order valence-electron chi connectivity index (χ0n) is 17.2. The molecule has 2 aromatic carbocycles. The first-order valence-corrected chi connectivity index (χ1v) is 9.74. The van der Waals surface area contributed by atoms with Gasteiger partial charge in [-0.2, -0.15) is 0 Å². The van der Waals surface area contributed by atoms with Crippen molar-refractivity contribution in [2.24, 2.45) is 0 Å². The van der Waals surface area contributed by atoms with E-state index in [1.807, 2.05) is 6.07 Å². The molecule has 0 aliphatic rings. The minimum Gasteiger partial charge on any atom is -0.497 e. The van der Waals surface area contributed by atoms with Gasteiger partial charge in [-0.15, -0.1) is 0 Å². The lowest BCUT2D eigenvalue weighted by molar-refractivity contribution is 0.0955. The van der Waals surface area contributed by atoms with Crippen molar-refractivity contribution >= 4 is 16.7 Å². The van der Waals surface area contributed by atoms with Crippen LogP contribution in [0.1, 0.15) is 16.1 Å². The molecule has 2 heterocycles. The number of H-pyrrole nitrogens is 1. The van der Waals surface area contributed by atoms with E-state index in [1.54, 1.807) is 62.2 Å². The van der Waals surface area contributed by atoms with E-state index in [9.17, 15) is 9.59 Å². The van der Waals surface area contributed by atoms with Gasteiger partial charge in [0.15, 0.2) is 0 Å². The molecule has 0 aliphatic carbocycles. The highest BCUT2D eigenvalue weighted by Crippen LogP contribution is 2.28. The number of carbonyl (C=O) groups excluding carboxylic acids is 1. The zero-order valence-corrected chi connectivity index (χ0v) is 17.2. The van der Waals surface area contributed by atoms with Crippen LogP contribution in [0.2, 0.25) is 0 Å². The van der Waals surface area contributed by atoms with Crippen molar-refractivity contribution < 1.29 is 14.3 Å². The normalized spacial score (nSPS) is 10.8. The predicted molar refractivity (Wildman–Crippen MR) is 117 cm³/mol. The number of nitrogens with one attached hydrogen (secondary N) is 2. The molecule has 8 heteroatoms. The van der Waals surface area contributed by atoms with Gasteiger partial charge < -0.3 is 19.8 Å². The molecule has 8 nitrogen and oxygen atoms in total. The fourth-order valence-electron chi connectivity index (χ4n) is 3.46. The number of amides is 1. The van der Waals surface area contributed by atoms with Crippen molar-refractivity contribution in [1.29, 1.82) is 0 Å². The minimum absolute atomic E-state index is 0.243. The van der Waals surface area contributed by atoms with Gasteiger partial charge in [0, 0.05) is 47.9 Å². The number of hydrogen-bond acceptors (Lipinski definition) is 5. The van der Waals surface area contributed by atoms with E-state index in [-0.39, 0.29) is 11.5 Å². The summed E-state index contributed by atoms with van der Waals surface area (Å²) in [7, 11) is 3.08. The van der Waals surface area contributed by atoms with Crippen LogP contribution in [0.25, 0.3) is 16.5 Å². The lowest BCUT2D eigenvalue weighted by Crippen LogP contribution is -2.28. The number of aromatic amines is 1. The maximum Gasteiger partial charge on any atom is 0.263 e. The molecule has 0 aliphatic heterocycles. The van der Waals surface area contributed by atoms with Crippen molar-refractivity contribution in [3.63, 3.8) is 0 Å². The largest absolute Gasteiger partial charge is 0.497 e. The lowest BCUT2D eigenvalue weighted by Gasteiger charge is -2.15. The molecule has 0 bridgehead atoms. The van der Waals surface area contributed by atoms with E-state index in [0.717, 1.165) is 5.69 Å². The Morgan fingerprint density at radius 2 is 1.94 bits per heavy atom. The molecule has 2 N–H and O–H groups in total. The first kappa shape index (κ1) is 20.2. The molecule has 158 valence electrons. The summed E-state index contributed by atoms with van der Waals surface area (Å²) in [5, 5.41) is 3.96. The smallest absolute Gasteiger partial charge is 0.263 e. The van der Waals surface area contributed by atoms with Crippen LogP contribution >= 0.6 is 0 Å². The highest BCUT2D eigenvalue weighted by atomic mass is 16.5. The van der Waals surface area contributed by atoms with E-state index in [1.165, 1.54) is 11.7 Å². The quantitative estimate of drug-likeness (QED) is 0.481. The maximum absolute atomic E-state index is 13.2. The van der Waals surface area contributed by atoms with Gasteiger partial charge in [-0.25, -0.2) is 4.98 Å². The van der Waals surface area contributed by atoms with Crippen LogP contribution in [-0.2, 0) is 6.42 Å². The number of nitrogens with zero attached hydrogens (tertiary/aromatic N) is 2. The van der Waals surface area contributed by atoms with Gasteiger partial charge in [-0.3, -0.25) is 14.2 Å². The molecule has 0 spiro atoms. The standard InChI is InChI=1S/C23H22N4O4/c1-30-16-7-8-20(21(11-16)31-2)27-13-19(17-5-3-4-6-18(17)23(27)29)22(28)25-10-9-15-12-24-14-26-15/h3-8,11-14H,9-10H2,1-2H3,(H,24,26)(H,25,28). The molecule has 0 saturated carbocycles. The molecule has 4 rings (SSSR count). The number of ether oxygens (including phenoxy) is 2. The van der Waals surface area contributed by atoms with Gasteiger partial charge in [-0.05, 0) is 18.2 Å². The SMILES string of the molecule is COc1ccc(-n2cc(C(=O)NCCc3cnc[nH]3)c3ccccc3c2=O)c(OC)c1. The monoisotopic (exact) mass is 418 g/mol. The molecule has 2 aromatic heterocycles. The van der Waals surface area contributed by atoms with Gasteiger partial charge in [-0.1, -0.05) is 18.2 Å². The first-order chi connectivity index (χ1) is 15.1. The fourth-order valence-corrected chi connectivity index (χ4v) is 3.46. The van der Waals surface area contributed by atoms with Gasteiger partial charge in [0.1, 0.15) is 11.5 Å². The third-order valence-electron chi connectivity index (χ3n) is 5.05. The second-order valence-corrected chi connectivity index (χ2v) is 6.88. The molecule has 0 radical (unpaired) electrons. The molecule has 0 fully saturated rings. The average molecular weight is 418 g/mol. The number of imidazole rings is 1. The molecular formula is C23H22N4O4.